The van der Waals surface area contributed by atoms with Crippen molar-refractivity contribution in [1.82, 2.24) is 0 Å². The lowest BCUT2D eigenvalue weighted by Crippen LogP contribution is -2.19. The number of rotatable bonds is 7. The van der Waals surface area contributed by atoms with Gasteiger partial charge in [-0.3, -0.25) is 4.79 Å². The third-order valence-corrected chi connectivity index (χ3v) is 6.22. The van der Waals surface area contributed by atoms with Crippen LogP contribution < -0.4 is 0 Å². The van der Waals surface area contributed by atoms with Gasteiger partial charge in [-0.15, -0.1) is 11.8 Å². The minimum atomic E-state index is -0.734. The summed E-state index contributed by atoms with van der Waals surface area (Å²) in [6.07, 6.45) is 3.82. The molecule has 3 N–H and O–H groups in total. The molecule has 0 spiro atoms. The molecule has 0 radical (unpaired) electrons. The first kappa shape index (κ1) is 18.6. The Morgan fingerprint density at radius 2 is 1.73 bits per heavy atom. The Bertz CT molecular complexity index is 757. The average Bonchev–Trinajstić information content (AvgIpc) is 2.61. The fourth-order valence-electron chi connectivity index (χ4n) is 3.69. The fourth-order valence-corrected chi connectivity index (χ4v) is 5.06. The van der Waals surface area contributed by atoms with Crippen LogP contribution in [0, 0.1) is 0 Å². The molecule has 4 nitrogen and oxygen atoms in total. The third-order valence-electron chi connectivity index (χ3n) is 5.03. The van der Waals surface area contributed by atoms with Crippen LogP contribution in [0.4, 0.5) is 0 Å². The van der Waals surface area contributed by atoms with Crippen LogP contribution in [0.5, 0.6) is 11.5 Å². The van der Waals surface area contributed by atoms with Gasteiger partial charge in [0, 0.05) is 23.0 Å². The topological polar surface area (TPSA) is 77.8 Å². The molecule has 0 aromatic heterocycles. The van der Waals surface area contributed by atoms with Crippen molar-refractivity contribution >= 4 is 17.7 Å². The summed E-state index contributed by atoms with van der Waals surface area (Å²) in [7, 11) is 0. The predicted octanol–water partition coefficient (Wildman–Crippen LogP) is 5.11. The van der Waals surface area contributed by atoms with Crippen molar-refractivity contribution in [2.75, 3.05) is 5.75 Å². The highest BCUT2D eigenvalue weighted by molar-refractivity contribution is 7.99. The van der Waals surface area contributed by atoms with E-state index in [1.165, 1.54) is 11.1 Å². The molecule has 5 heteroatoms. The second-order valence-corrected chi connectivity index (χ2v) is 7.89. The van der Waals surface area contributed by atoms with Gasteiger partial charge < -0.3 is 15.3 Å². The van der Waals surface area contributed by atoms with Crippen LogP contribution in [0.25, 0.3) is 0 Å². The van der Waals surface area contributed by atoms with E-state index in [1.807, 2.05) is 24.3 Å². The van der Waals surface area contributed by atoms with Gasteiger partial charge in [0.1, 0.15) is 11.5 Å². The summed E-state index contributed by atoms with van der Waals surface area (Å²) in [5.41, 5.74) is 2.47. The zero-order valence-electron chi connectivity index (χ0n) is 14.6. The first-order valence-electron chi connectivity index (χ1n) is 9.01. The van der Waals surface area contributed by atoms with Gasteiger partial charge in [-0.1, -0.05) is 31.0 Å². The summed E-state index contributed by atoms with van der Waals surface area (Å²) >= 11 is 1.76. The van der Waals surface area contributed by atoms with Crippen LogP contribution in [-0.4, -0.2) is 27.0 Å². The van der Waals surface area contributed by atoms with Gasteiger partial charge in [0.05, 0.1) is 0 Å². The molecule has 1 aliphatic heterocycles. The molecular weight excluding hydrogens is 348 g/mol. The molecule has 0 saturated heterocycles. The van der Waals surface area contributed by atoms with Crippen LogP contribution in [0.15, 0.2) is 47.4 Å². The lowest BCUT2D eigenvalue weighted by atomic mass is 9.79. The summed E-state index contributed by atoms with van der Waals surface area (Å²) in [5, 5.41) is 28.1. The molecule has 26 heavy (non-hydrogen) atoms. The number of hydrogen-bond donors (Lipinski definition) is 3. The SMILES string of the molecule is O=C(O)CCCCCC1c2ccc(O)cc2SCC1c1ccc(O)cc1. The smallest absolute Gasteiger partial charge is 0.303 e. The molecule has 2 atom stereocenters. The maximum atomic E-state index is 10.7. The molecule has 0 fully saturated rings. The van der Waals surface area contributed by atoms with Gasteiger partial charge in [-0.05, 0) is 54.2 Å². The first-order valence-corrected chi connectivity index (χ1v) is 9.99. The van der Waals surface area contributed by atoms with E-state index in [4.69, 9.17) is 5.11 Å². The number of aliphatic carboxylic acids is 1. The largest absolute Gasteiger partial charge is 0.508 e. The van der Waals surface area contributed by atoms with Crippen molar-refractivity contribution in [3.8, 4) is 11.5 Å². The number of unbranched alkanes of at least 4 members (excludes halogenated alkanes) is 2. The molecule has 0 amide bonds. The number of phenolic OH excluding ortho intramolecular Hbond substituents is 2. The van der Waals surface area contributed by atoms with Crippen molar-refractivity contribution in [1.29, 1.82) is 0 Å². The number of carboxylic acids is 1. The van der Waals surface area contributed by atoms with Crippen LogP contribution >= 0.6 is 11.8 Å². The molecule has 0 aliphatic carbocycles. The first-order chi connectivity index (χ1) is 12.5. The Kier molecular flexibility index (Phi) is 6.09. The van der Waals surface area contributed by atoms with E-state index in [-0.39, 0.29) is 12.2 Å². The lowest BCUT2D eigenvalue weighted by molar-refractivity contribution is -0.137. The number of carbonyl (C=O) groups is 1. The number of hydrogen-bond acceptors (Lipinski definition) is 4. The molecular formula is C21H24O4S. The van der Waals surface area contributed by atoms with E-state index in [1.54, 1.807) is 30.0 Å². The van der Waals surface area contributed by atoms with E-state index in [9.17, 15) is 15.0 Å². The zero-order chi connectivity index (χ0) is 18.5. The number of thioether (sulfide) groups is 1. The second kappa shape index (κ2) is 8.49. The number of benzene rings is 2. The Hall–Kier alpha value is -2.14. The highest BCUT2D eigenvalue weighted by Crippen LogP contribution is 2.48. The molecule has 1 heterocycles. The number of phenols is 2. The molecule has 2 unspecified atom stereocenters. The summed E-state index contributed by atoms with van der Waals surface area (Å²) in [6, 6.07) is 13.0. The third kappa shape index (κ3) is 4.52. The van der Waals surface area contributed by atoms with Crippen molar-refractivity contribution in [2.45, 2.75) is 48.8 Å². The van der Waals surface area contributed by atoms with Gasteiger partial charge in [0.2, 0.25) is 0 Å². The normalized spacial score (nSPS) is 19.1. The zero-order valence-corrected chi connectivity index (χ0v) is 15.4. The number of carboxylic acid groups (broad SMARTS) is 1. The maximum Gasteiger partial charge on any atom is 0.303 e. The summed E-state index contributed by atoms with van der Waals surface area (Å²) in [4.78, 5) is 11.8. The standard InChI is InChI=1S/C21H24O4S/c22-15-8-6-14(7-9-15)19-13-26-20-12-16(23)10-11-18(20)17(19)4-2-1-3-5-21(24)25/h6-12,17,19,22-23H,1-5,13H2,(H,24,25). The van der Waals surface area contributed by atoms with Gasteiger partial charge in [0.15, 0.2) is 0 Å². The quantitative estimate of drug-likeness (QED) is 0.589. The second-order valence-electron chi connectivity index (χ2n) is 6.83. The summed E-state index contributed by atoms with van der Waals surface area (Å²) in [6.45, 7) is 0. The Balaban J connectivity index is 1.78. The molecule has 138 valence electrons. The van der Waals surface area contributed by atoms with Crippen molar-refractivity contribution in [3.63, 3.8) is 0 Å². The number of fused-ring (bicyclic) bond motifs is 1. The molecule has 1 aliphatic rings. The van der Waals surface area contributed by atoms with Gasteiger partial charge in [-0.25, -0.2) is 0 Å². The van der Waals surface area contributed by atoms with Gasteiger partial charge in [-0.2, -0.15) is 0 Å². The Morgan fingerprint density at radius 3 is 2.46 bits per heavy atom. The van der Waals surface area contributed by atoms with E-state index in [0.29, 0.717) is 24.0 Å². The van der Waals surface area contributed by atoms with E-state index < -0.39 is 5.97 Å². The van der Waals surface area contributed by atoms with Crippen LogP contribution in [0.2, 0.25) is 0 Å². The van der Waals surface area contributed by atoms with Crippen LogP contribution in [-0.2, 0) is 4.79 Å². The monoisotopic (exact) mass is 372 g/mol. The Labute approximate surface area is 157 Å². The summed E-state index contributed by atoms with van der Waals surface area (Å²) in [5.74, 6) is 1.44. The van der Waals surface area contributed by atoms with Crippen molar-refractivity contribution < 1.29 is 20.1 Å². The van der Waals surface area contributed by atoms with Crippen LogP contribution in [0.3, 0.4) is 0 Å². The fraction of sp³-hybridized carbons (Fsp3) is 0.381. The van der Waals surface area contributed by atoms with Gasteiger partial charge >= 0.3 is 5.97 Å². The van der Waals surface area contributed by atoms with E-state index in [2.05, 4.69) is 0 Å². The minimum Gasteiger partial charge on any atom is -0.508 e. The highest BCUT2D eigenvalue weighted by Gasteiger charge is 2.31. The van der Waals surface area contributed by atoms with E-state index in [0.717, 1.165) is 29.9 Å². The minimum absolute atomic E-state index is 0.229. The molecule has 0 saturated carbocycles. The van der Waals surface area contributed by atoms with Crippen LogP contribution in [0.1, 0.15) is 55.1 Å². The van der Waals surface area contributed by atoms with Gasteiger partial charge in [0.25, 0.3) is 0 Å². The molecule has 0 bridgehead atoms. The molecule has 2 aromatic carbocycles. The molecule has 3 rings (SSSR count). The number of aromatic hydroxyl groups is 2. The Morgan fingerprint density at radius 1 is 1.00 bits per heavy atom. The van der Waals surface area contributed by atoms with E-state index >= 15 is 0 Å². The predicted molar refractivity (Wildman–Crippen MR) is 103 cm³/mol. The maximum absolute atomic E-state index is 10.7. The molecule has 2 aromatic rings. The lowest BCUT2D eigenvalue weighted by Gasteiger charge is -2.34. The van der Waals surface area contributed by atoms with Crippen molar-refractivity contribution in [3.05, 3.63) is 53.6 Å². The van der Waals surface area contributed by atoms with Crippen molar-refractivity contribution in [2.24, 2.45) is 0 Å². The average molecular weight is 372 g/mol. The summed E-state index contributed by atoms with van der Waals surface area (Å²) < 4.78 is 0. The highest BCUT2D eigenvalue weighted by atomic mass is 32.2.